The van der Waals surface area contributed by atoms with E-state index in [9.17, 15) is 5.11 Å². The van der Waals surface area contributed by atoms with Gasteiger partial charge >= 0.3 is 0 Å². The lowest BCUT2D eigenvalue weighted by Gasteiger charge is -2.24. The highest BCUT2D eigenvalue weighted by molar-refractivity contribution is 6.31. The summed E-state index contributed by atoms with van der Waals surface area (Å²) in [7, 11) is 0. The summed E-state index contributed by atoms with van der Waals surface area (Å²) >= 11 is 12.1. The highest BCUT2D eigenvalue weighted by Crippen LogP contribution is 2.33. The van der Waals surface area contributed by atoms with Crippen LogP contribution in [0, 0.1) is 0 Å². The Balaban J connectivity index is 1.83. The van der Waals surface area contributed by atoms with Crippen LogP contribution in [0.4, 0.5) is 5.82 Å². The molecule has 27 heavy (non-hydrogen) atoms. The first kappa shape index (κ1) is 18.2. The molecule has 4 nitrogen and oxygen atoms in total. The first-order valence-electron chi connectivity index (χ1n) is 8.92. The number of aliphatic hydroxyl groups excluding tert-OH is 1. The van der Waals surface area contributed by atoms with Crippen molar-refractivity contribution in [2.75, 3.05) is 18.1 Å². The predicted molar refractivity (Wildman–Crippen MR) is 110 cm³/mol. The van der Waals surface area contributed by atoms with Gasteiger partial charge in [0, 0.05) is 27.7 Å². The van der Waals surface area contributed by atoms with E-state index in [1.807, 2.05) is 48.5 Å². The Hall–Kier alpha value is -2.14. The SMILES string of the molecule is OC[C@H]1CCCN1c1cnc(-c2ccc(Cl)cc2)c(-c2ccc(Cl)cc2)n1. The van der Waals surface area contributed by atoms with Crippen molar-refractivity contribution in [2.45, 2.75) is 18.9 Å². The lowest BCUT2D eigenvalue weighted by molar-refractivity contribution is 0.266. The van der Waals surface area contributed by atoms with Crippen molar-refractivity contribution < 1.29 is 5.11 Å². The topological polar surface area (TPSA) is 49.2 Å². The highest BCUT2D eigenvalue weighted by Gasteiger charge is 2.26. The van der Waals surface area contributed by atoms with Crippen LogP contribution < -0.4 is 4.90 Å². The molecule has 3 aromatic rings. The second-order valence-corrected chi connectivity index (χ2v) is 7.48. The second kappa shape index (κ2) is 7.85. The van der Waals surface area contributed by atoms with Gasteiger partial charge in [-0.3, -0.25) is 4.98 Å². The zero-order chi connectivity index (χ0) is 18.8. The molecule has 0 radical (unpaired) electrons. The quantitative estimate of drug-likeness (QED) is 0.664. The number of hydrogen-bond donors (Lipinski definition) is 1. The van der Waals surface area contributed by atoms with E-state index in [4.69, 9.17) is 33.2 Å². The molecule has 1 fully saturated rings. The van der Waals surface area contributed by atoms with Crippen molar-refractivity contribution in [1.82, 2.24) is 9.97 Å². The fraction of sp³-hybridized carbons (Fsp3) is 0.238. The average molecular weight is 400 g/mol. The fourth-order valence-electron chi connectivity index (χ4n) is 3.47. The van der Waals surface area contributed by atoms with E-state index in [1.165, 1.54) is 0 Å². The summed E-state index contributed by atoms with van der Waals surface area (Å²) in [6.07, 6.45) is 3.80. The van der Waals surface area contributed by atoms with Crippen LogP contribution in [0.3, 0.4) is 0 Å². The van der Waals surface area contributed by atoms with Crippen LogP contribution in [0.2, 0.25) is 10.0 Å². The molecule has 1 N–H and O–H groups in total. The van der Waals surface area contributed by atoms with Crippen molar-refractivity contribution in [3.05, 3.63) is 64.8 Å². The number of anilines is 1. The Morgan fingerprint density at radius 3 is 2.11 bits per heavy atom. The van der Waals surface area contributed by atoms with E-state index in [0.717, 1.165) is 47.7 Å². The van der Waals surface area contributed by atoms with Gasteiger partial charge in [-0.05, 0) is 37.1 Å². The number of halogens is 2. The summed E-state index contributed by atoms with van der Waals surface area (Å²) in [5.41, 5.74) is 3.47. The van der Waals surface area contributed by atoms with Gasteiger partial charge in [0.1, 0.15) is 5.82 Å². The molecule has 1 atom stereocenters. The molecule has 0 spiro atoms. The summed E-state index contributed by atoms with van der Waals surface area (Å²) < 4.78 is 0. The first-order valence-corrected chi connectivity index (χ1v) is 9.68. The molecule has 6 heteroatoms. The van der Waals surface area contributed by atoms with Gasteiger partial charge in [0.15, 0.2) is 0 Å². The van der Waals surface area contributed by atoms with Crippen LogP contribution in [0.1, 0.15) is 12.8 Å². The Morgan fingerprint density at radius 1 is 0.926 bits per heavy atom. The van der Waals surface area contributed by atoms with Crippen molar-refractivity contribution in [3.63, 3.8) is 0 Å². The maximum Gasteiger partial charge on any atom is 0.148 e. The smallest absolute Gasteiger partial charge is 0.148 e. The van der Waals surface area contributed by atoms with Crippen molar-refractivity contribution in [1.29, 1.82) is 0 Å². The second-order valence-electron chi connectivity index (χ2n) is 6.61. The molecular weight excluding hydrogens is 381 g/mol. The minimum atomic E-state index is 0.0961. The molecule has 0 saturated carbocycles. The third-order valence-electron chi connectivity index (χ3n) is 4.88. The van der Waals surface area contributed by atoms with Gasteiger partial charge in [0.2, 0.25) is 0 Å². The first-order chi connectivity index (χ1) is 13.2. The van der Waals surface area contributed by atoms with Gasteiger partial charge in [0.25, 0.3) is 0 Å². The third-order valence-corrected chi connectivity index (χ3v) is 5.38. The molecule has 1 aliphatic heterocycles. The van der Waals surface area contributed by atoms with Crippen LogP contribution >= 0.6 is 23.2 Å². The summed E-state index contributed by atoms with van der Waals surface area (Å²) in [6, 6.07) is 15.3. The number of aliphatic hydroxyl groups is 1. The summed E-state index contributed by atoms with van der Waals surface area (Å²) in [5.74, 6) is 0.786. The standard InChI is InChI=1S/C21H19Cl2N3O/c22-16-7-3-14(4-8-16)20-21(15-5-9-17(23)10-6-15)25-19(12-24-20)26-11-1-2-18(26)13-27/h3-10,12,18,27H,1-2,11,13H2/t18-/m1/s1. The Morgan fingerprint density at radius 2 is 1.52 bits per heavy atom. The van der Waals surface area contributed by atoms with Gasteiger partial charge in [-0.1, -0.05) is 47.5 Å². The normalized spacial score (nSPS) is 16.7. The van der Waals surface area contributed by atoms with Crippen molar-refractivity contribution >= 4 is 29.0 Å². The molecule has 0 amide bonds. The maximum absolute atomic E-state index is 9.66. The van der Waals surface area contributed by atoms with E-state index < -0.39 is 0 Å². The van der Waals surface area contributed by atoms with Crippen LogP contribution in [-0.2, 0) is 0 Å². The van der Waals surface area contributed by atoms with Crippen LogP contribution in [0.15, 0.2) is 54.7 Å². The lowest BCUT2D eigenvalue weighted by Crippen LogP contribution is -2.32. The monoisotopic (exact) mass is 399 g/mol. The molecular formula is C21H19Cl2N3O. The fourth-order valence-corrected chi connectivity index (χ4v) is 3.73. The number of rotatable bonds is 4. The molecule has 2 heterocycles. The van der Waals surface area contributed by atoms with Crippen molar-refractivity contribution in [2.24, 2.45) is 0 Å². The van der Waals surface area contributed by atoms with Gasteiger partial charge in [0.05, 0.1) is 30.2 Å². The summed E-state index contributed by atoms with van der Waals surface area (Å²) in [4.78, 5) is 11.8. The minimum absolute atomic E-state index is 0.0961. The van der Waals surface area contributed by atoms with Crippen LogP contribution in [0.25, 0.3) is 22.5 Å². The lowest BCUT2D eigenvalue weighted by atomic mass is 10.0. The van der Waals surface area contributed by atoms with Gasteiger partial charge < -0.3 is 10.0 Å². The Bertz CT molecular complexity index is 929. The summed E-state index contributed by atoms with van der Waals surface area (Å²) in [5, 5.41) is 11.0. The molecule has 1 saturated heterocycles. The van der Waals surface area contributed by atoms with Gasteiger partial charge in [-0.2, -0.15) is 0 Å². The third kappa shape index (κ3) is 3.79. The van der Waals surface area contributed by atoms with E-state index >= 15 is 0 Å². The zero-order valence-corrected chi connectivity index (χ0v) is 16.2. The number of hydrogen-bond acceptors (Lipinski definition) is 4. The average Bonchev–Trinajstić information content (AvgIpc) is 3.18. The Kier molecular flexibility index (Phi) is 5.30. The van der Waals surface area contributed by atoms with E-state index in [2.05, 4.69) is 4.90 Å². The maximum atomic E-state index is 9.66. The number of aromatic nitrogens is 2. The van der Waals surface area contributed by atoms with Gasteiger partial charge in [-0.25, -0.2) is 4.98 Å². The largest absolute Gasteiger partial charge is 0.394 e. The van der Waals surface area contributed by atoms with E-state index in [1.54, 1.807) is 6.20 Å². The predicted octanol–water partition coefficient (Wildman–Crippen LogP) is 5.08. The molecule has 1 aromatic heterocycles. The molecule has 0 aliphatic carbocycles. The van der Waals surface area contributed by atoms with Crippen molar-refractivity contribution in [3.8, 4) is 22.5 Å². The highest BCUT2D eigenvalue weighted by atomic mass is 35.5. The molecule has 2 aromatic carbocycles. The van der Waals surface area contributed by atoms with Crippen LogP contribution in [0.5, 0.6) is 0 Å². The van der Waals surface area contributed by atoms with E-state index in [0.29, 0.717) is 10.0 Å². The molecule has 4 rings (SSSR count). The minimum Gasteiger partial charge on any atom is -0.394 e. The molecule has 1 aliphatic rings. The zero-order valence-electron chi connectivity index (χ0n) is 14.6. The Labute approximate surface area is 168 Å². The number of nitrogens with zero attached hydrogens (tertiary/aromatic N) is 3. The molecule has 0 bridgehead atoms. The number of benzene rings is 2. The van der Waals surface area contributed by atoms with Gasteiger partial charge in [-0.15, -0.1) is 0 Å². The molecule has 0 unspecified atom stereocenters. The van der Waals surface area contributed by atoms with E-state index in [-0.39, 0.29) is 12.6 Å². The van der Waals surface area contributed by atoms with Crippen LogP contribution in [-0.4, -0.2) is 34.3 Å². The summed E-state index contributed by atoms with van der Waals surface area (Å²) in [6.45, 7) is 0.997. The molecule has 138 valence electrons.